The maximum atomic E-state index is 11.8. The Kier molecular flexibility index (Phi) is 6.18. The van der Waals surface area contributed by atoms with Crippen LogP contribution in [0.4, 0.5) is 0 Å². The standard InChI is InChI=1S/C15H22N2O3/c1-10(2)13(18)8-16-14(19)9-17-15(20)12-6-4-11(3)5-7-12/h4-7,10,13,18H,8-9H2,1-3H3,(H,16,19)(H,17,20). The van der Waals surface area contributed by atoms with Crippen LogP contribution in [0.3, 0.4) is 0 Å². The lowest BCUT2D eigenvalue weighted by Crippen LogP contribution is -2.41. The van der Waals surface area contributed by atoms with E-state index >= 15 is 0 Å². The molecule has 1 unspecified atom stereocenters. The Balaban J connectivity index is 2.34. The van der Waals surface area contributed by atoms with E-state index in [0.29, 0.717) is 5.56 Å². The number of hydrogen-bond donors (Lipinski definition) is 3. The zero-order valence-corrected chi connectivity index (χ0v) is 12.1. The van der Waals surface area contributed by atoms with Crippen molar-refractivity contribution in [1.29, 1.82) is 0 Å². The molecule has 0 heterocycles. The number of carbonyl (C=O) groups excluding carboxylic acids is 2. The first-order valence-corrected chi connectivity index (χ1v) is 6.69. The molecule has 0 aliphatic heterocycles. The smallest absolute Gasteiger partial charge is 0.251 e. The van der Waals surface area contributed by atoms with E-state index in [4.69, 9.17) is 0 Å². The zero-order chi connectivity index (χ0) is 15.1. The average Bonchev–Trinajstić information content (AvgIpc) is 2.42. The Bertz CT molecular complexity index is 455. The molecule has 1 aromatic carbocycles. The number of aliphatic hydroxyl groups is 1. The molecular formula is C15H22N2O3. The number of amides is 2. The Morgan fingerprint density at radius 1 is 1.15 bits per heavy atom. The summed E-state index contributed by atoms with van der Waals surface area (Å²) in [4.78, 5) is 23.3. The molecule has 2 amide bonds. The number of hydrogen-bond acceptors (Lipinski definition) is 3. The summed E-state index contributed by atoms with van der Waals surface area (Å²) in [6.07, 6.45) is -0.577. The second-order valence-corrected chi connectivity index (χ2v) is 5.16. The number of aliphatic hydroxyl groups excluding tert-OH is 1. The van der Waals surface area contributed by atoms with E-state index in [1.807, 2.05) is 32.9 Å². The van der Waals surface area contributed by atoms with Gasteiger partial charge in [-0.1, -0.05) is 31.5 Å². The fourth-order valence-electron chi connectivity index (χ4n) is 1.48. The van der Waals surface area contributed by atoms with E-state index in [1.165, 1.54) is 0 Å². The van der Waals surface area contributed by atoms with Crippen LogP contribution in [-0.4, -0.2) is 36.1 Å². The van der Waals surface area contributed by atoms with Crippen molar-refractivity contribution in [1.82, 2.24) is 10.6 Å². The lowest BCUT2D eigenvalue weighted by molar-refractivity contribution is -0.120. The molecule has 0 spiro atoms. The lowest BCUT2D eigenvalue weighted by Gasteiger charge is -2.15. The van der Waals surface area contributed by atoms with Crippen LogP contribution >= 0.6 is 0 Å². The molecule has 0 aliphatic carbocycles. The zero-order valence-electron chi connectivity index (χ0n) is 12.1. The van der Waals surface area contributed by atoms with E-state index in [9.17, 15) is 14.7 Å². The summed E-state index contributed by atoms with van der Waals surface area (Å²) < 4.78 is 0. The van der Waals surface area contributed by atoms with Crippen LogP contribution in [0.15, 0.2) is 24.3 Å². The molecule has 5 heteroatoms. The Morgan fingerprint density at radius 2 is 1.75 bits per heavy atom. The van der Waals surface area contributed by atoms with Crippen molar-refractivity contribution in [2.24, 2.45) is 5.92 Å². The van der Waals surface area contributed by atoms with Gasteiger partial charge < -0.3 is 15.7 Å². The van der Waals surface area contributed by atoms with Gasteiger partial charge in [-0.05, 0) is 25.0 Å². The van der Waals surface area contributed by atoms with Crippen molar-refractivity contribution in [3.05, 3.63) is 35.4 Å². The van der Waals surface area contributed by atoms with Gasteiger partial charge >= 0.3 is 0 Å². The molecular weight excluding hydrogens is 256 g/mol. The molecule has 1 aromatic rings. The maximum Gasteiger partial charge on any atom is 0.251 e. The number of rotatable bonds is 6. The minimum Gasteiger partial charge on any atom is -0.391 e. The van der Waals surface area contributed by atoms with E-state index < -0.39 is 6.10 Å². The summed E-state index contributed by atoms with van der Waals surface area (Å²) in [5.74, 6) is -0.521. The summed E-state index contributed by atoms with van der Waals surface area (Å²) >= 11 is 0. The predicted molar refractivity (Wildman–Crippen MR) is 77.4 cm³/mol. The molecule has 0 aliphatic rings. The van der Waals surface area contributed by atoms with Crippen molar-refractivity contribution >= 4 is 11.8 Å². The Hall–Kier alpha value is -1.88. The van der Waals surface area contributed by atoms with E-state index in [0.717, 1.165) is 5.56 Å². The normalized spacial score (nSPS) is 12.1. The highest BCUT2D eigenvalue weighted by atomic mass is 16.3. The second kappa shape index (κ2) is 7.65. The maximum absolute atomic E-state index is 11.8. The summed E-state index contributed by atoms with van der Waals surface area (Å²) in [5.41, 5.74) is 1.59. The monoisotopic (exact) mass is 278 g/mol. The van der Waals surface area contributed by atoms with E-state index in [2.05, 4.69) is 10.6 Å². The first-order chi connectivity index (χ1) is 9.40. The van der Waals surface area contributed by atoms with E-state index in [1.54, 1.807) is 12.1 Å². The SMILES string of the molecule is Cc1ccc(C(=O)NCC(=O)NCC(O)C(C)C)cc1. The topological polar surface area (TPSA) is 78.4 Å². The van der Waals surface area contributed by atoms with Crippen molar-refractivity contribution < 1.29 is 14.7 Å². The third-order valence-electron chi connectivity index (χ3n) is 3.00. The second-order valence-electron chi connectivity index (χ2n) is 5.16. The van der Waals surface area contributed by atoms with Gasteiger partial charge in [0.15, 0.2) is 0 Å². The minimum atomic E-state index is -0.577. The van der Waals surface area contributed by atoms with Crippen LogP contribution < -0.4 is 10.6 Å². The lowest BCUT2D eigenvalue weighted by atomic mass is 10.1. The van der Waals surface area contributed by atoms with Crippen LogP contribution in [0.1, 0.15) is 29.8 Å². The van der Waals surface area contributed by atoms with Gasteiger partial charge in [-0.3, -0.25) is 9.59 Å². The van der Waals surface area contributed by atoms with Gasteiger partial charge in [0.25, 0.3) is 5.91 Å². The molecule has 5 nitrogen and oxygen atoms in total. The molecule has 20 heavy (non-hydrogen) atoms. The summed E-state index contributed by atoms with van der Waals surface area (Å²) in [6.45, 7) is 5.77. The quantitative estimate of drug-likeness (QED) is 0.722. The van der Waals surface area contributed by atoms with Crippen molar-refractivity contribution in [3.63, 3.8) is 0 Å². The van der Waals surface area contributed by atoms with Gasteiger partial charge in [0.2, 0.25) is 5.91 Å². The molecule has 0 bridgehead atoms. The highest BCUT2D eigenvalue weighted by Gasteiger charge is 2.11. The summed E-state index contributed by atoms with van der Waals surface area (Å²) in [6, 6.07) is 7.11. The molecule has 0 saturated heterocycles. The van der Waals surface area contributed by atoms with Crippen molar-refractivity contribution in [2.75, 3.05) is 13.1 Å². The highest BCUT2D eigenvalue weighted by molar-refractivity contribution is 5.96. The number of aryl methyl sites for hydroxylation is 1. The number of benzene rings is 1. The molecule has 110 valence electrons. The fourth-order valence-corrected chi connectivity index (χ4v) is 1.48. The number of nitrogens with one attached hydrogen (secondary N) is 2. The molecule has 1 rings (SSSR count). The first-order valence-electron chi connectivity index (χ1n) is 6.69. The predicted octanol–water partition coefficient (Wildman–Crippen LogP) is 0.858. The molecule has 0 radical (unpaired) electrons. The van der Waals surface area contributed by atoms with Crippen LogP contribution in [0, 0.1) is 12.8 Å². The van der Waals surface area contributed by atoms with Crippen LogP contribution in [0.2, 0.25) is 0 Å². The molecule has 0 fully saturated rings. The van der Waals surface area contributed by atoms with Gasteiger partial charge in [0.1, 0.15) is 0 Å². The molecule has 0 aromatic heterocycles. The fraction of sp³-hybridized carbons (Fsp3) is 0.467. The van der Waals surface area contributed by atoms with Crippen LogP contribution in [0.25, 0.3) is 0 Å². The van der Waals surface area contributed by atoms with Gasteiger partial charge in [0.05, 0.1) is 12.6 Å². The first kappa shape index (κ1) is 16.2. The van der Waals surface area contributed by atoms with Crippen molar-refractivity contribution in [3.8, 4) is 0 Å². The summed E-state index contributed by atoms with van der Waals surface area (Å²) in [7, 11) is 0. The average molecular weight is 278 g/mol. The largest absolute Gasteiger partial charge is 0.391 e. The third kappa shape index (κ3) is 5.40. The van der Waals surface area contributed by atoms with Gasteiger partial charge in [-0.15, -0.1) is 0 Å². The Morgan fingerprint density at radius 3 is 2.30 bits per heavy atom. The van der Waals surface area contributed by atoms with Crippen LogP contribution in [-0.2, 0) is 4.79 Å². The summed E-state index contributed by atoms with van der Waals surface area (Å²) in [5, 5.41) is 14.7. The van der Waals surface area contributed by atoms with Gasteiger partial charge in [-0.25, -0.2) is 0 Å². The van der Waals surface area contributed by atoms with Gasteiger partial charge in [-0.2, -0.15) is 0 Å². The van der Waals surface area contributed by atoms with Gasteiger partial charge in [0, 0.05) is 12.1 Å². The minimum absolute atomic E-state index is 0.0810. The Labute approximate surface area is 119 Å². The van der Waals surface area contributed by atoms with E-state index in [-0.39, 0.29) is 30.8 Å². The molecule has 3 N–H and O–H groups in total. The van der Waals surface area contributed by atoms with Crippen molar-refractivity contribution in [2.45, 2.75) is 26.9 Å². The van der Waals surface area contributed by atoms with Crippen LogP contribution in [0.5, 0.6) is 0 Å². The highest BCUT2D eigenvalue weighted by Crippen LogP contribution is 2.02. The number of carbonyl (C=O) groups is 2. The third-order valence-corrected chi connectivity index (χ3v) is 3.00. The molecule has 0 saturated carbocycles. The molecule has 1 atom stereocenters.